The number of sulfonamides is 1. The Morgan fingerprint density at radius 2 is 1.97 bits per heavy atom. The number of benzene rings is 2. The molecule has 1 N–H and O–H groups in total. The fourth-order valence-electron chi connectivity index (χ4n) is 4.33. The number of nitrogens with one attached hydrogen (secondary N) is 1. The summed E-state index contributed by atoms with van der Waals surface area (Å²) in [6.45, 7) is 3.72. The van der Waals surface area contributed by atoms with Crippen molar-refractivity contribution in [2.24, 2.45) is 0 Å². The number of hydrogen-bond acceptors (Lipinski definition) is 4. The van der Waals surface area contributed by atoms with Crippen molar-refractivity contribution in [2.75, 3.05) is 23.9 Å². The topological polar surface area (TPSA) is 86.8 Å². The van der Waals surface area contributed by atoms with Crippen molar-refractivity contribution >= 4 is 27.5 Å². The van der Waals surface area contributed by atoms with Crippen LogP contribution in [-0.2, 0) is 21.2 Å². The highest BCUT2D eigenvalue weighted by molar-refractivity contribution is 7.92. The molecule has 0 radical (unpaired) electrons. The van der Waals surface area contributed by atoms with E-state index in [-0.39, 0.29) is 22.8 Å². The third kappa shape index (κ3) is 4.30. The quantitative estimate of drug-likeness (QED) is 0.669. The summed E-state index contributed by atoms with van der Waals surface area (Å²) in [5.41, 5.74) is 2.00. The van der Waals surface area contributed by atoms with E-state index < -0.39 is 10.0 Å². The van der Waals surface area contributed by atoms with Gasteiger partial charge in [0.15, 0.2) is 0 Å². The normalized spacial score (nSPS) is 18.4. The van der Waals surface area contributed by atoms with Crippen molar-refractivity contribution in [1.29, 1.82) is 0 Å². The molecule has 2 aromatic carbocycles. The number of rotatable bonds is 7. The molecule has 7 nitrogen and oxygen atoms in total. The Bertz CT molecular complexity index is 1100. The molecular formula is C23H27N3O4S. The van der Waals surface area contributed by atoms with Gasteiger partial charge in [-0.3, -0.25) is 13.9 Å². The van der Waals surface area contributed by atoms with Gasteiger partial charge in [-0.25, -0.2) is 8.42 Å². The van der Waals surface area contributed by atoms with Gasteiger partial charge in [0.05, 0.1) is 10.6 Å². The molecule has 0 spiro atoms. The standard InChI is InChI=1S/C23H27N3O4S/c1-17-15-18-7-2-3-10-21(18)26(17)31(29,30)20-9-4-8-19(16-20)23(28)24-12-6-14-25-13-5-11-22(25)27/h2-4,7-10,16-17H,5-6,11-15H2,1H3,(H,24,28). The van der Waals surface area contributed by atoms with Crippen molar-refractivity contribution in [3.8, 4) is 0 Å². The minimum Gasteiger partial charge on any atom is -0.352 e. The average molecular weight is 442 g/mol. The molecule has 2 heterocycles. The molecule has 0 aliphatic carbocycles. The molecule has 1 atom stereocenters. The summed E-state index contributed by atoms with van der Waals surface area (Å²) in [5.74, 6) is -0.151. The number of fused-ring (bicyclic) bond motifs is 1. The summed E-state index contributed by atoms with van der Waals surface area (Å²) >= 11 is 0. The molecule has 1 fully saturated rings. The van der Waals surface area contributed by atoms with Gasteiger partial charge in [-0.2, -0.15) is 0 Å². The molecule has 164 valence electrons. The fourth-order valence-corrected chi connectivity index (χ4v) is 6.07. The Hall–Kier alpha value is -2.87. The number of carbonyl (C=O) groups is 2. The molecule has 2 amide bonds. The zero-order valence-corrected chi connectivity index (χ0v) is 18.4. The summed E-state index contributed by atoms with van der Waals surface area (Å²) < 4.78 is 28.2. The number of carbonyl (C=O) groups excluding carboxylic acids is 2. The van der Waals surface area contributed by atoms with Crippen LogP contribution in [0, 0.1) is 0 Å². The first-order valence-corrected chi connectivity index (χ1v) is 12.1. The van der Waals surface area contributed by atoms with Gasteiger partial charge in [0.2, 0.25) is 5.91 Å². The molecule has 0 bridgehead atoms. The van der Waals surface area contributed by atoms with Crippen molar-refractivity contribution < 1.29 is 18.0 Å². The number of hydrogen-bond donors (Lipinski definition) is 1. The molecule has 1 saturated heterocycles. The van der Waals surface area contributed by atoms with E-state index in [1.165, 1.54) is 16.4 Å². The van der Waals surface area contributed by atoms with Gasteiger partial charge < -0.3 is 10.2 Å². The lowest BCUT2D eigenvalue weighted by Gasteiger charge is -2.24. The number of amides is 2. The van der Waals surface area contributed by atoms with Crippen molar-refractivity contribution in [2.45, 2.75) is 43.5 Å². The molecule has 1 unspecified atom stereocenters. The van der Waals surface area contributed by atoms with E-state index in [4.69, 9.17) is 0 Å². The van der Waals surface area contributed by atoms with Crippen LogP contribution in [0.15, 0.2) is 53.4 Å². The Kier molecular flexibility index (Phi) is 6.00. The highest BCUT2D eigenvalue weighted by Crippen LogP contribution is 2.36. The van der Waals surface area contributed by atoms with E-state index >= 15 is 0 Å². The lowest BCUT2D eigenvalue weighted by Crippen LogP contribution is -2.36. The molecule has 2 aromatic rings. The molecule has 0 saturated carbocycles. The lowest BCUT2D eigenvalue weighted by atomic mass is 10.1. The van der Waals surface area contributed by atoms with E-state index in [9.17, 15) is 18.0 Å². The summed E-state index contributed by atoms with van der Waals surface area (Å²) in [6, 6.07) is 13.5. The van der Waals surface area contributed by atoms with E-state index in [1.807, 2.05) is 36.1 Å². The monoisotopic (exact) mass is 441 g/mol. The Balaban J connectivity index is 1.44. The lowest BCUT2D eigenvalue weighted by molar-refractivity contribution is -0.127. The van der Waals surface area contributed by atoms with Crippen LogP contribution in [0.25, 0.3) is 0 Å². The SMILES string of the molecule is CC1Cc2ccccc2N1S(=O)(=O)c1cccc(C(=O)NCCCN2CCCC2=O)c1. The number of likely N-dealkylation sites (tertiary alicyclic amines) is 1. The first-order chi connectivity index (χ1) is 14.9. The minimum atomic E-state index is -3.79. The number of para-hydroxylation sites is 1. The first kappa shape index (κ1) is 21.4. The van der Waals surface area contributed by atoms with Crippen LogP contribution in [0.2, 0.25) is 0 Å². The second-order valence-electron chi connectivity index (χ2n) is 8.10. The van der Waals surface area contributed by atoms with Gasteiger partial charge in [-0.1, -0.05) is 24.3 Å². The van der Waals surface area contributed by atoms with Gasteiger partial charge in [0, 0.05) is 37.7 Å². The van der Waals surface area contributed by atoms with Crippen LogP contribution >= 0.6 is 0 Å². The van der Waals surface area contributed by atoms with Crippen LogP contribution in [0.4, 0.5) is 5.69 Å². The summed E-state index contributed by atoms with van der Waals surface area (Å²) in [5, 5.41) is 2.83. The highest BCUT2D eigenvalue weighted by Gasteiger charge is 2.36. The van der Waals surface area contributed by atoms with Gasteiger partial charge in [-0.05, 0) is 56.0 Å². The Morgan fingerprint density at radius 1 is 1.16 bits per heavy atom. The van der Waals surface area contributed by atoms with Crippen LogP contribution in [0.5, 0.6) is 0 Å². The molecule has 0 aromatic heterocycles. The van der Waals surface area contributed by atoms with Gasteiger partial charge >= 0.3 is 0 Å². The second kappa shape index (κ2) is 8.70. The number of anilines is 1. The van der Waals surface area contributed by atoms with E-state index in [0.717, 1.165) is 18.5 Å². The smallest absolute Gasteiger partial charge is 0.264 e. The zero-order valence-electron chi connectivity index (χ0n) is 17.6. The first-order valence-electron chi connectivity index (χ1n) is 10.7. The largest absolute Gasteiger partial charge is 0.352 e. The molecule has 2 aliphatic rings. The minimum absolute atomic E-state index is 0.103. The van der Waals surface area contributed by atoms with Crippen LogP contribution in [0.3, 0.4) is 0 Å². The summed E-state index contributed by atoms with van der Waals surface area (Å²) in [7, 11) is -3.79. The van der Waals surface area contributed by atoms with Crippen LogP contribution in [-0.4, -0.2) is 50.8 Å². The van der Waals surface area contributed by atoms with E-state index in [1.54, 1.807) is 12.1 Å². The van der Waals surface area contributed by atoms with Crippen LogP contribution < -0.4 is 9.62 Å². The van der Waals surface area contributed by atoms with Crippen molar-refractivity contribution in [3.05, 3.63) is 59.7 Å². The predicted molar refractivity (Wildman–Crippen MR) is 118 cm³/mol. The molecule has 4 rings (SSSR count). The molecular weight excluding hydrogens is 414 g/mol. The summed E-state index contributed by atoms with van der Waals surface area (Å²) in [6.07, 6.45) is 2.83. The number of nitrogens with zero attached hydrogens (tertiary/aromatic N) is 2. The van der Waals surface area contributed by atoms with Crippen molar-refractivity contribution in [3.63, 3.8) is 0 Å². The van der Waals surface area contributed by atoms with E-state index in [2.05, 4.69) is 5.32 Å². The third-order valence-corrected chi connectivity index (χ3v) is 7.78. The van der Waals surface area contributed by atoms with Gasteiger partial charge in [0.1, 0.15) is 0 Å². The maximum Gasteiger partial charge on any atom is 0.264 e. The van der Waals surface area contributed by atoms with E-state index in [0.29, 0.717) is 43.6 Å². The Morgan fingerprint density at radius 3 is 2.74 bits per heavy atom. The molecule has 31 heavy (non-hydrogen) atoms. The van der Waals surface area contributed by atoms with Gasteiger partial charge in [0.25, 0.3) is 15.9 Å². The fraction of sp³-hybridized carbons (Fsp3) is 0.391. The van der Waals surface area contributed by atoms with Gasteiger partial charge in [-0.15, -0.1) is 0 Å². The third-order valence-electron chi connectivity index (χ3n) is 5.86. The maximum absolute atomic E-state index is 13.4. The Labute approximate surface area is 183 Å². The highest BCUT2D eigenvalue weighted by atomic mass is 32.2. The predicted octanol–water partition coefficient (Wildman–Crippen LogP) is 2.57. The average Bonchev–Trinajstić information content (AvgIpc) is 3.33. The molecule has 2 aliphatic heterocycles. The van der Waals surface area contributed by atoms with Crippen molar-refractivity contribution in [1.82, 2.24) is 10.2 Å². The van der Waals surface area contributed by atoms with Crippen LogP contribution in [0.1, 0.15) is 42.1 Å². The zero-order chi connectivity index (χ0) is 22.0. The summed E-state index contributed by atoms with van der Waals surface area (Å²) in [4.78, 5) is 26.1. The second-order valence-corrected chi connectivity index (χ2v) is 9.92. The molecule has 8 heteroatoms. The maximum atomic E-state index is 13.4.